The predicted octanol–water partition coefficient (Wildman–Crippen LogP) is 2.32. The van der Waals surface area contributed by atoms with Crippen LogP contribution in [0.4, 0.5) is 0 Å². The van der Waals surface area contributed by atoms with Crippen LogP contribution in [0, 0.1) is 5.41 Å². The Morgan fingerprint density at radius 1 is 1.36 bits per heavy atom. The van der Waals surface area contributed by atoms with Gasteiger partial charge in [0, 0.05) is 6.42 Å². The van der Waals surface area contributed by atoms with Gasteiger partial charge in [-0.15, -0.1) is 0 Å². The number of allylic oxidation sites excluding steroid dienone is 2. The Morgan fingerprint density at radius 2 is 1.91 bits per heavy atom. The van der Waals surface area contributed by atoms with Crippen LogP contribution in [-0.4, -0.2) is 5.78 Å². The van der Waals surface area contributed by atoms with Gasteiger partial charge in [0.05, 0.1) is 0 Å². The maximum atomic E-state index is 11.0. The van der Waals surface area contributed by atoms with Crippen molar-refractivity contribution in [3.05, 3.63) is 11.6 Å². The molecule has 0 aromatic rings. The first-order valence-electron chi connectivity index (χ1n) is 3.70. The number of carbonyl (C=O) groups excluding carboxylic acids is 1. The minimum Gasteiger partial charge on any atom is -0.295 e. The Morgan fingerprint density at radius 3 is 2.27 bits per heavy atom. The van der Waals surface area contributed by atoms with Crippen LogP contribution < -0.4 is 0 Å². The van der Waals surface area contributed by atoms with Gasteiger partial charge in [0.1, 0.15) is 0 Å². The monoisotopic (exact) mass is 196 g/mol. The van der Waals surface area contributed by atoms with E-state index in [2.05, 4.69) is 13.8 Å². The molecule has 0 heterocycles. The Hall–Kier alpha value is -0.0965. The van der Waals surface area contributed by atoms with Crippen LogP contribution in [0.3, 0.4) is 0 Å². The zero-order valence-electron chi connectivity index (χ0n) is 7.22. The van der Waals surface area contributed by atoms with Crippen molar-refractivity contribution in [1.29, 1.82) is 0 Å². The van der Waals surface area contributed by atoms with Crippen LogP contribution in [0.2, 0.25) is 0 Å². The molecule has 0 spiro atoms. The molecule has 0 aliphatic heterocycles. The van der Waals surface area contributed by atoms with E-state index < -0.39 is 0 Å². The van der Waals surface area contributed by atoms with Gasteiger partial charge < -0.3 is 0 Å². The van der Waals surface area contributed by atoms with Gasteiger partial charge in [-0.3, -0.25) is 4.79 Å². The molecule has 0 atom stereocenters. The second kappa shape index (κ2) is 3.53. The molecule has 0 bridgehead atoms. The number of ketones is 1. The summed E-state index contributed by atoms with van der Waals surface area (Å²) in [5.41, 5.74) is 1.43. The molecule has 2 heteroatoms. The first kappa shape index (κ1) is 10.9. The molecule has 0 unspecified atom stereocenters. The molecule has 1 nitrogen and oxygen atoms in total. The standard InChI is InChI=1S/C9H14O.Ni/c1-7-4-8(10)6-9(2,3)5-7;/h4H,5-6H2,1-3H3;/q;+2. The maximum absolute atomic E-state index is 11.0. The molecule has 0 saturated carbocycles. The topological polar surface area (TPSA) is 17.1 Å². The van der Waals surface area contributed by atoms with Gasteiger partial charge in [-0.1, -0.05) is 19.4 Å². The van der Waals surface area contributed by atoms with E-state index in [4.69, 9.17) is 0 Å². The molecular formula is C9H14NiO+2. The smallest absolute Gasteiger partial charge is 0.295 e. The van der Waals surface area contributed by atoms with Gasteiger partial charge in [0.2, 0.25) is 0 Å². The predicted molar refractivity (Wildman–Crippen MR) is 41.8 cm³/mol. The van der Waals surface area contributed by atoms with Gasteiger partial charge in [-0.2, -0.15) is 0 Å². The molecule has 0 N–H and O–H groups in total. The van der Waals surface area contributed by atoms with Crippen LogP contribution in [0.5, 0.6) is 0 Å². The molecule has 0 amide bonds. The van der Waals surface area contributed by atoms with Crippen LogP contribution in [-0.2, 0) is 21.3 Å². The van der Waals surface area contributed by atoms with Crippen molar-refractivity contribution in [2.75, 3.05) is 0 Å². The summed E-state index contributed by atoms with van der Waals surface area (Å²) in [6.45, 7) is 6.31. The van der Waals surface area contributed by atoms with E-state index in [0.29, 0.717) is 6.42 Å². The van der Waals surface area contributed by atoms with E-state index in [0.717, 1.165) is 6.42 Å². The van der Waals surface area contributed by atoms with E-state index in [1.54, 1.807) is 6.08 Å². The summed E-state index contributed by atoms with van der Waals surface area (Å²) in [5, 5.41) is 0. The molecule has 1 rings (SSSR count). The molecule has 11 heavy (non-hydrogen) atoms. The SMILES string of the molecule is CC1=CC(=O)CC(C)(C)C1.[Ni+2]. The summed E-state index contributed by atoms with van der Waals surface area (Å²) in [7, 11) is 0. The van der Waals surface area contributed by atoms with Crippen LogP contribution in [0.15, 0.2) is 11.6 Å². The third kappa shape index (κ3) is 3.20. The van der Waals surface area contributed by atoms with Gasteiger partial charge in [0.25, 0.3) is 0 Å². The van der Waals surface area contributed by atoms with Crippen LogP contribution in [0.25, 0.3) is 0 Å². The third-order valence-electron chi connectivity index (χ3n) is 1.82. The van der Waals surface area contributed by atoms with Gasteiger partial charge in [0.15, 0.2) is 5.78 Å². The van der Waals surface area contributed by atoms with E-state index >= 15 is 0 Å². The molecule has 64 valence electrons. The number of hydrogen-bond acceptors (Lipinski definition) is 1. The molecule has 1 aliphatic rings. The number of hydrogen-bond donors (Lipinski definition) is 0. The molecular weight excluding hydrogens is 183 g/mol. The Kier molecular flexibility index (Phi) is 3.50. The second-order valence-electron chi connectivity index (χ2n) is 3.97. The van der Waals surface area contributed by atoms with Gasteiger partial charge in [-0.25, -0.2) is 0 Å². The molecule has 0 aromatic heterocycles. The molecule has 0 radical (unpaired) electrons. The molecule has 0 fully saturated rings. The fourth-order valence-corrected chi connectivity index (χ4v) is 1.67. The average molecular weight is 197 g/mol. The zero-order valence-corrected chi connectivity index (χ0v) is 8.20. The van der Waals surface area contributed by atoms with Gasteiger partial charge in [-0.05, 0) is 24.8 Å². The van der Waals surface area contributed by atoms with Crippen molar-refractivity contribution in [1.82, 2.24) is 0 Å². The zero-order chi connectivity index (χ0) is 7.78. The van der Waals surface area contributed by atoms with E-state index in [9.17, 15) is 4.79 Å². The van der Waals surface area contributed by atoms with Crippen molar-refractivity contribution in [3.8, 4) is 0 Å². The minimum absolute atomic E-state index is 0. The van der Waals surface area contributed by atoms with Gasteiger partial charge >= 0.3 is 16.5 Å². The van der Waals surface area contributed by atoms with Crippen molar-refractivity contribution in [3.63, 3.8) is 0 Å². The molecule has 0 aromatic carbocycles. The summed E-state index contributed by atoms with van der Waals surface area (Å²) >= 11 is 0. The van der Waals surface area contributed by atoms with Crippen molar-refractivity contribution >= 4 is 5.78 Å². The number of rotatable bonds is 0. The minimum atomic E-state index is 0. The van der Waals surface area contributed by atoms with E-state index in [-0.39, 0.29) is 27.7 Å². The second-order valence-corrected chi connectivity index (χ2v) is 3.97. The quantitative estimate of drug-likeness (QED) is 0.544. The van der Waals surface area contributed by atoms with Crippen LogP contribution >= 0.6 is 0 Å². The fraction of sp³-hybridized carbons (Fsp3) is 0.667. The van der Waals surface area contributed by atoms with E-state index in [1.165, 1.54) is 5.57 Å². The van der Waals surface area contributed by atoms with Crippen molar-refractivity contribution in [2.24, 2.45) is 5.41 Å². The largest absolute Gasteiger partial charge is 2.00 e. The average Bonchev–Trinajstić information content (AvgIpc) is 1.54. The molecule has 0 saturated heterocycles. The fourth-order valence-electron chi connectivity index (χ4n) is 1.67. The summed E-state index contributed by atoms with van der Waals surface area (Å²) in [6, 6.07) is 0. The Balaban J connectivity index is 0.000001000. The van der Waals surface area contributed by atoms with Crippen LogP contribution in [0.1, 0.15) is 33.6 Å². The van der Waals surface area contributed by atoms with E-state index in [1.807, 2.05) is 6.92 Å². The first-order chi connectivity index (χ1) is 4.49. The normalized spacial score (nSPS) is 22.1. The Bertz CT molecular complexity index is 192. The summed E-state index contributed by atoms with van der Waals surface area (Å²) in [4.78, 5) is 11.0. The summed E-state index contributed by atoms with van der Waals surface area (Å²) in [5.74, 6) is 0.286. The number of carbonyl (C=O) groups is 1. The maximum Gasteiger partial charge on any atom is 2.00 e. The molecule has 1 aliphatic carbocycles. The van der Waals surface area contributed by atoms with Crippen molar-refractivity contribution in [2.45, 2.75) is 33.6 Å². The summed E-state index contributed by atoms with van der Waals surface area (Å²) in [6.07, 6.45) is 3.55. The van der Waals surface area contributed by atoms with Crippen molar-refractivity contribution < 1.29 is 21.3 Å². The summed E-state index contributed by atoms with van der Waals surface area (Å²) < 4.78 is 0. The third-order valence-corrected chi connectivity index (χ3v) is 1.82. The Labute approximate surface area is 78.2 Å². The first-order valence-corrected chi connectivity index (χ1v) is 3.70.